The molecule has 1 heterocycles. The highest BCUT2D eigenvalue weighted by Gasteiger charge is 2.44. The van der Waals surface area contributed by atoms with E-state index in [1.165, 1.54) is 17.4 Å². The number of Topliss-reactive ketones (excluding diaryl/α,β-unsaturated/α-hetero) is 3. The number of ketones is 3. The molecule has 0 fully saturated rings. The van der Waals surface area contributed by atoms with Crippen LogP contribution in [0.5, 0.6) is 0 Å². The summed E-state index contributed by atoms with van der Waals surface area (Å²) in [6.07, 6.45) is 0. The van der Waals surface area contributed by atoms with Gasteiger partial charge in [0.05, 0.1) is 10.4 Å². The third kappa shape index (κ3) is 1.62. The molecule has 5 heteroatoms. The Morgan fingerprint density at radius 1 is 1.11 bits per heavy atom. The zero-order valence-electron chi connectivity index (χ0n) is 9.75. The van der Waals surface area contributed by atoms with Gasteiger partial charge in [-0.2, -0.15) is 0 Å². The van der Waals surface area contributed by atoms with Gasteiger partial charge in [0.25, 0.3) is 0 Å². The molecule has 1 aromatic carbocycles. The molecule has 3 rings (SSSR count). The van der Waals surface area contributed by atoms with Crippen LogP contribution in [0, 0.1) is 5.92 Å². The van der Waals surface area contributed by atoms with Gasteiger partial charge in [0, 0.05) is 11.3 Å². The SMILES string of the molecule is Nc1cccc2c1C(=O)C(C(=O)c1cccs1)C2=O. The van der Waals surface area contributed by atoms with Crippen molar-refractivity contribution in [1.82, 2.24) is 0 Å². The minimum Gasteiger partial charge on any atom is -0.398 e. The summed E-state index contributed by atoms with van der Waals surface area (Å²) in [7, 11) is 0. The number of thiophene rings is 1. The number of fused-ring (bicyclic) bond motifs is 1. The van der Waals surface area contributed by atoms with Crippen LogP contribution in [0.15, 0.2) is 35.7 Å². The topological polar surface area (TPSA) is 77.2 Å². The van der Waals surface area contributed by atoms with E-state index in [4.69, 9.17) is 5.73 Å². The molecular formula is C14H9NO3S. The van der Waals surface area contributed by atoms with Gasteiger partial charge < -0.3 is 5.73 Å². The van der Waals surface area contributed by atoms with Crippen LogP contribution < -0.4 is 5.73 Å². The molecule has 1 atom stereocenters. The summed E-state index contributed by atoms with van der Waals surface area (Å²) in [6.45, 7) is 0. The highest BCUT2D eigenvalue weighted by atomic mass is 32.1. The Labute approximate surface area is 112 Å². The smallest absolute Gasteiger partial charge is 0.191 e. The van der Waals surface area contributed by atoms with Crippen molar-refractivity contribution in [2.75, 3.05) is 5.73 Å². The molecule has 1 aromatic heterocycles. The zero-order valence-corrected chi connectivity index (χ0v) is 10.6. The molecule has 0 aliphatic heterocycles. The van der Waals surface area contributed by atoms with Crippen molar-refractivity contribution in [2.45, 2.75) is 0 Å². The lowest BCUT2D eigenvalue weighted by Crippen LogP contribution is -2.25. The summed E-state index contributed by atoms with van der Waals surface area (Å²) in [5.74, 6) is -2.65. The number of carbonyl (C=O) groups excluding carboxylic acids is 3. The molecule has 0 saturated carbocycles. The third-order valence-electron chi connectivity index (χ3n) is 3.16. The lowest BCUT2D eigenvalue weighted by Gasteiger charge is -2.03. The minimum absolute atomic E-state index is 0.183. The Kier molecular flexibility index (Phi) is 2.57. The van der Waals surface area contributed by atoms with Crippen molar-refractivity contribution >= 4 is 34.4 Å². The molecular weight excluding hydrogens is 262 g/mol. The van der Waals surface area contributed by atoms with Crippen LogP contribution in [0.4, 0.5) is 5.69 Å². The van der Waals surface area contributed by atoms with Gasteiger partial charge in [-0.3, -0.25) is 14.4 Å². The van der Waals surface area contributed by atoms with Crippen molar-refractivity contribution in [2.24, 2.45) is 5.92 Å². The van der Waals surface area contributed by atoms with Crippen LogP contribution in [0.25, 0.3) is 0 Å². The van der Waals surface area contributed by atoms with Crippen LogP contribution >= 0.6 is 11.3 Å². The number of nitrogen functional groups attached to an aromatic ring is 1. The van der Waals surface area contributed by atoms with Gasteiger partial charge >= 0.3 is 0 Å². The minimum atomic E-state index is -1.27. The highest BCUT2D eigenvalue weighted by molar-refractivity contribution is 7.12. The van der Waals surface area contributed by atoms with E-state index in [1.807, 2.05) is 0 Å². The van der Waals surface area contributed by atoms with E-state index in [2.05, 4.69) is 0 Å². The molecule has 4 nitrogen and oxygen atoms in total. The Bertz CT molecular complexity index is 703. The maximum absolute atomic E-state index is 12.2. The summed E-state index contributed by atoms with van der Waals surface area (Å²) in [5, 5.41) is 1.73. The predicted octanol–water partition coefficient (Wildman–Crippen LogP) is 2.21. The lowest BCUT2D eigenvalue weighted by atomic mass is 9.97. The van der Waals surface area contributed by atoms with E-state index >= 15 is 0 Å². The largest absolute Gasteiger partial charge is 0.398 e. The summed E-state index contributed by atoms with van der Waals surface area (Å²) in [5.41, 5.74) is 6.40. The highest BCUT2D eigenvalue weighted by Crippen LogP contribution is 2.33. The first-order valence-corrected chi connectivity index (χ1v) is 6.54. The predicted molar refractivity (Wildman–Crippen MR) is 71.7 cm³/mol. The second-order valence-electron chi connectivity index (χ2n) is 4.27. The Morgan fingerprint density at radius 3 is 2.53 bits per heavy atom. The Morgan fingerprint density at radius 2 is 1.89 bits per heavy atom. The molecule has 0 radical (unpaired) electrons. The summed E-state index contributed by atoms with van der Waals surface area (Å²) in [6, 6.07) is 8.02. The molecule has 2 aromatic rings. The first-order chi connectivity index (χ1) is 9.11. The molecule has 0 bridgehead atoms. The van der Waals surface area contributed by atoms with Crippen LogP contribution in [-0.2, 0) is 0 Å². The van der Waals surface area contributed by atoms with Crippen molar-refractivity contribution in [3.8, 4) is 0 Å². The van der Waals surface area contributed by atoms with Gasteiger partial charge in [0.2, 0.25) is 0 Å². The van der Waals surface area contributed by atoms with Gasteiger partial charge in [0.15, 0.2) is 17.3 Å². The number of rotatable bonds is 2. The van der Waals surface area contributed by atoms with Gasteiger partial charge in [0.1, 0.15) is 5.92 Å². The Hall–Kier alpha value is -2.27. The van der Waals surface area contributed by atoms with Crippen LogP contribution in [0.3, 0.4) is 0 Å². The molecule has 1 aliphatic carbocycles. The van der Waals surface area contributed by atoms with E-state index < -0.39 is 23.3 Å². The van der Waals surface area contributed by atoms with E-state index in [1.54, 1.807) is 29.6 Å². The molecule has 1 aliphatic rings. The number of anilines is 1. The first kappa shape index (κ1) is 11.8. The van der Waals surface area contributed by atoms with Gasteiger partial charge in [-0.1, -0.05) is 18.2 Å². The lowest BCUT2D eigenvalue weighted by molar-refractivity contribution is 0.0759. The molecule has 1 unspecified atom stereocenters. The average molecular weight is 271 g/mol. The van der Waals surface area contributed by atoms with Crippen LogP contribution in [0.2, 0.25) is 0 Å². The van der Waals surface area contributed by atoms with E-state index in [-0.39, 0.29) is 16.8 Å². The summed E-state index contributed by atoms with van der Waals surface area (Å²) >= 11 is 1.22. The van der Waals surface area contributed by atoms with E-state index in [0.717, 1.165) is 0 Å². The second kappa shape index (κ2) is 4.13. The van der Waals surface area contributed by atoms with Crippen molar-refractivity contribution < 1.29 is 14.4 Å². The molecule has 0 saturated heterocycles. The maximum Gasteiger partial charge on any atom is 0.191 e. The number of hydrogen-bond acceptors (Lipinski definition) is 5. The van der Waals surface area contributed by atoms with Gasteiger partial charge in [-0.25, -0.2) is 0 Å². The molecule has 0 amide bonds. The first-order valence-electron chi connectivity index (χ1n) is 5.66. The van der Waals surface area contributed by atoms with E-state index in [0.29, 0.717) is 4.88 Å². The van der Waals surface area contributed by atoms with E-state index in [9.17, 15) is 14.4 Å². The number of benzene rings is 1. The number of nitrogens with two attached hydrogens (primary N) is 1. The summed E-state index contributed by atoms with van der Waals surface area (Å²) in [4.78, 5) is 37.1. The molecule has 19 heavy (non-hydrogen) atoms. The fourth-order valence-electron chi connectivity index (χ4n) is 2.27. The maximum atomic E-state index is 12.2. The molecule has 0 spiro atoms. The molecule has 2 N–H and O–H groups in total. The molecule has 94 valence electrons. The fourth-order valence-corrected chi connectivity index (χ4v) is 2.96. The standard InChI is InChI=1S/C14H9NO3S/c15-8-4-1-3-7-10(8)14(18)11(12(7)16)13(17)9-5-2-6-19-9/h1-6,11H,15H2. The van der Waals surface area contributed by atoms with Gasteiger partial charge in [-0.15, -0.1) is 11.3 Å². The normalized spacial score (nSPS) is 17.6. The summed E-state index contributed by atoms with van der Waals surface area (Å²) < 4.78 is 0. The fraction of sp³-hybridized carbons (Fsp3) is 0.0714. The average Bonchev–Trinajstić information content (AvgIpc) is 2.98. The monoisotopic (exact) mass is 271 g/mol. The Balaban J connectivity index is 2.09. The van der Waals surface area contributed by atoms with Gasteiger partial charge in [-0.05, 0) is 17.5 Å². The quantitative estimate of drug-likeness (QED) is 0.516. The third-order valence-corrected chi connectivity index (χ3v) is 4.04. The van der Waals surface area contributed by atoms with Crippen LogP contribution in [0.1, 0.15) is 30.4 Å². The van der Waals surface area contributed by atoms with Crippen molar-refractivity contribution in [1.29, 1.82) is 0 Å². The van der Waals surface area contributed by atoms with Crippen LogP contribution in [-0.4, -0.2) is 17.3 Å². The zero-order chi connectivity index (χ0) is 13.6. The van der Waals surface area contributed by atoms with Crippen molar-refractivity contribution in [3.63, 3.8) is 0 Å². The second-order valence-corrected chi connectivity index (χ2v) is 5.22. The number of carbonyl (C=O) groups is 3. The van der Waals surface area contributed by atoms with Crippen molar-refractivity contribution in [3.05, 3.63) is 51.7 Å². The number of hydrogen-bond donors (Lipinski definition) is 1.